The van der Waals surface area contributed by atoms with E-state index < -0.39 is 12.8 Å². The highest BCUT2D eigenvalue weighted by Crippen LogP contribution is 2.14. The predicted octanol–water partition coefficient (Wildman–Crippen LogP) is 2.91. The molecule has 0 aliphatic heterocycles. The number of alkyl halides is 3. The third-order valence-corrected chi connectivity index (χ3v) is 1.68. The summed E-state index contributed by atoms with van der Waals surface area (Å²) in [6.07, 6.45) is -3.08. The normalized spacial score (nSPS) is 12.0. The van der Waals surface area contributed by atoms with E-state index in [0.29, 0.717) is 0 Å². The van der Waals surface area contributed by atoms with Gasteiger partial charge in [-0.05, 0) is 18.1 Å². The summed E-state index contributed by atoms with van der Waals surface area (Å²) in [5, 5.41) is 3.24. The predicted molar refractivity (Wildman–Crippen MR) is 50.8 cm³/mol. The van der Waals surface area contributed by atoms with Gasteiger partial charge >= 0.3 is 6.18 Å². The molecule has 0 unspecified atom stereocenters. The van der Waals surface area contributed by atoms with Gasteiger partial charge in [-0.2, -0.15) is 13.2 Å². The van der Waals surface area contributed by atoms with Crippen LogP contribution in [0.4, 0.5) is 13.2 Å². The monoisotopic (exact) mass is 217 g/mol. The van der Waals surface area contributed by atoms with Crippen LogP contribution in [0.3, 0.4) is 0 Å². The fourth-order valence-corrected chi connectivity index (χ4v) is 0.936. The molecule has 0 spiro atoms. The molecule has 0 bridgehead atoms. The average Bonchev–Trinajstić information content (AvgIpc) is 2.13. The Kier molecular flexibility index (Phi) is 3.71. The van der Waals surface area contributed by atoms with Gasteiger partial charge in [0.05, 0.1) is 6.21 Å². The van der Waals surface area contributed by atoms with Crippen LogP contribution in [0.2, 0.25) is 0 Å². The standard InChI is InChI=1S/C10H10F3NO/c1-8-4-2-3-5-9(8)6-14-15-7-10(11,12)13/h2-6H,7H2,1H3. The van der Waals surface area contributed by atoms with Gasteiger partial charge in [0.15, 0.2) is 0 Å². The summed E-state index contributed by atoms with van der Waals surface area (Å²) in [7, 11) is 0. The third-order valence-electron chi connectivity index (χ3n) is 1.68. The maximum absolute atomic E-state index is 11.7. The second-order valence-corrected chi connectivity index (χ2v) is 2.98. The Morgan fingerprint density at radius 3 is 2.60 bits per heavy atom. The molecule has 5 heteroatoms. The minimum atomic E-state index is -4.34. The number of rotatable bonds is 3. The highest BCUT2D eigenvalue weighted by Gasteiger charge is 2.28. The number of hydrogen-bond acceptors (Lipinski definition) is 2. The molecule has 0 fully saturated rings. The Labute approximate surface area is 85.4 Å². The van der Waals surface area contributed by atoms with Crippen LogP contribution in [0.5, 0.6) is 0 Å². The molecule has 15 heavy (non-hydrogen) atoms. The van der Waals surface area contributed by atoms with Crippen molar-refractivity contribution in [1.82, 2.24) is 0 Å². The van der Waals surface area contributed by atoms with E-state index in [2.05, 4.69) is 9.99 Å². The minimum absolute atomic E-state index is 0.736. The zero-order chi connectivity index (χ0) is 11.3. The number of oxime groups is 1. The Hall–Kier alpha value is -1.52. The first-order valence-electron chi connectivity index (χ1n) is 4.27. The van der Waals surface area contributed by atoms with Crippen molar-refractivity contribution in [3.05, 3.63) is 35.4 Å². The second kappa shape index (κ2) is 4.82. The van der Waals surface area contributed by atoms with Crippen molar-refractivity contribution in [1.29, 1.82) is 0 Å². The first-order valence-corrected chi connectivity index (χ1v) is 4.27. The molecule has 1 rings (SSSR count). The fraction of sp³-hybridized carbons (Fsp3) is 0.300. The number of nitrogens with zero attached hydrogens (tertiary/aromatic N) is 1. The zero-order valence-corrected chi connectivity index (χ0v) is 8.08. The summed E-state index contributed by atoms with van der Waals surface area (Å²) in [5.41, 5.74) is 1.66. The molecule has 1 aromatic rings. The van der Waals surface area contributed by atoms with Crippen LogP contribution >= 0.6 is 0 Å². The molecule has 0 aliphatic carbocycles. The van der Waals surface area contributed by atoms with Gasteiger partial charge in [-0.3, -0.25) is 0 Å². The molecular formula is C10H10F3NO. The Morgan fingerprint density at radius 1 is 1.33 bits per heavy atom. The van der Waals surface area contributed by atoms with Crippen molar-refractivity contribution >= 4 is 6.21 Å². The molecule has 0 heterocycles. The lowest BCUT2D eigenvalue weighted by molar-refractivity contribution is -0.173. The van der Waals surface area contributed by atoms with Crippen LogP contribution in [-0.4, -0.2) is 19.0 Å². The van der Waals surface area contributed by atoms with E-state index in [1.165, 1.54) is 6.21 Å². The van der Waals surface area contributed by atoms with E-state index in [1.807, 2.05) is 19.1 Å². The summed E-state index contributed by atoms with van der Waals surface area (Å²) < 4.78 is 35.0. The minimum Gasteiger partial charge on any atom is -0.386 e. The molecule has 0 atom stereocenters. The van der Waals surface area contributed by atoms with Gasteiger partial charge < -0.3 is 4.84 Å². The Morgan fingerprint density at radius 2 is 2.00 bits per heavy atom. The van der Waals surface area contributed by atoms with Gasteiger partial charge in [0.2, 0.25) is 6.61 Å². The molecule has 82 valence electrons. The lowest BCUT2D eigenvalue weighted by Crippen LogP contribution is -2.14. The quantitative estimate of drug-likeness (QED) is 0.563. The molecular weight excluding hydrogens is 207 g/mol. The van der Waals surface area contributed by atoms with E-state index in [0.717, 1.165) is 11.1 Å². The number of hydrogen-bond donors (Lipinski definition) is 0. The van der Waals surface area contributed by atoms with Crippen LogP contribution in [0.1, 0.15) is 11.1 Å². The van der Waals surface area contributed by atoms with Crippen LogP contribution < -0.4 is 0 Å². The largest absolute Gasteiger partial charge is 0.425 e. The molecule has 0 N–H and O–H groups in total. The molecule has 0 radical (unpaired) electrons. The van der Waals surface area contributed by atoms with Gasteiger partial charge in [-0.1, -0.05) is 29.4 Å². The molecule has 1 aromatic carbocycles. The number of benzene rings is 1. The van der Waals surface area contributed by atoms with Crippen molar-refractivity contribution < 1.29 is 18.0 Å². The summed E-state index contributed by atoms with van der Waals surface area (Å²) in [6, 6.07) is 7.20. The highest BCUT2D eigenvalue weighted by atomic mass is 19.4. The summed E-state index contributed by atoms with van der Waals surface area (Å²) in [6.45, 7) is 0.473. The first-order chi connectivity index (χ1) is 6.99. The molecule has 0 saturated heterocycles. The summed E-state index contributed by atoms with van der Waals surface area (Å²) in [5.74, 6) is 0. The molecule has 0 aromatic heterocycles. The highest BCUT2D eigenvalue weighted by molar-refractivity contribution is 5.80. The SMILES string of the molecule is Cc1ccccc1C=NOCC(F)(F)F. The zero-order valence-electron chi connectivity index (χ0n) is 8.08. The van der Waals surface area contributed by atoms with Crippen LogP contribution in [-0.2, 0) is 4.84 Å². The Bertz CT molecular complexity index is 347. The second-order valence-electron chi connectivity index (χ2n) is 2.98. The topological polar surface area (TPSA) is 21.6 Å². The van der Waals surface area contributed by atoms with Gasteiger partial charge in [-0.15, -0.1) is 0 Å². The summed E-state index contributed by atoms with van der Waals surface area (Å²) >= 11 is 0. The van der Waals surface area contributed by atoms with E-state index in [1.54, 1.807) is 12.1 Å². The van der Waals surface area contributed by atoms with E-state index in [-0.39, 0.29) is 0 Å². The van der Waals surface area contributed by atoms with Crippen LogP contribution in [0.25, 0.3) is 0 Å². The molecule has 2 nitrogen and oxygen atoms in total. The van der Waals surface area contributed by atoms with Crippen molar-refractivity contribution in [3.63, 3.8) is 0 Å². The van der Waals surface area contributed by atoms with E-state index >= 15 is 0 Å². The van der Waals surface area contributed by atoms with Gasteiger partial charge in [-0.25, -0.2) is 0 Å². The van der Waals surface area contributed by atoms with E-state index in [9.17, 15) is 13.2 Å². The third kappa shape index (κ3) is 4.49. The maximum atomic E-state index is 11.7. The molecule has 0 amide bonds. The van der Waals surface area contributed by atoms with Crippen LogP contribution in [0.15, 0.2) is 29.4 Å². The van der Waals surface area contributed by atoms with Crippen LogP contribution in [0, 0.1) is 6.92 Å². The summed E-state index contributed by atoms with van der Waals surface area (Å²) in [4.78, 5) is 4.10. The van der Waals surface area contributed by atoms with Gasteiger partial charge in [0.25, 0.3) is 0 Å². The molecule has 0 saturated carbocycles. The smallest absolute Gasteiger partial charge is 0.386 e. The lowest BCUT2D eigenvalue weighted by Gasteiger charge is -2.03. The number of halogens is 3. The Balaban J connectivity index is 2.49. The average molecular weight is 217 g/mol. The van der Waals surface area contributed by atoms with Gasteiger partial charge in [0.1, 0.15) is 0 Å². The van der Waals surface area contributed by atoms with Gasteiger partial charge in [0, 0.05) is 0 Å². The first kappa shape index (κ1) is 11.6. The van der Waals surface area contributed by atoms with E-state index in [4.69, 9.17) is 0 Å². The van der Waals surface area contributed by atoms with Crippen molar-refractivity contribution in [2.75, 3.05) is 6.61 Å². The van der Waals surface area contributed by atoms with Crippen molar-refractivity contribution in [2.45, 2.75) is 13.1 Å². The van der Waals surface area contributed by atoms with Crippen molar-refractivity contribution in [2.24, 2.45) is 5.16 Å². The lowest BCUT2D eigenvalue weighted by atomic mass is 10.1. The molecule has 0 aliphatic rings. The fourth-order valence-electron chi connectivity index (χ4n) is 0.936. The maximum Gasteiger partial charge on any atom is 0.425 e. The number of aryl methyl sites for hydroxylation is 1. The van der Waals surface area contributed by atoms with Crippen molar-refractivity contribution in [3.8, 4) is 0 Å².